The lowest BCUT2D eigenvalue weighted by Gasteiger charge is -2.37. The molecule has 1 amide bonds. The smallest absolute Gasteiger partial charge is 0.256 e. The van der Waals surface area contributed by atoms with E-state index in [0.29, 0.717) is 55.2 Å². The molecule has 0 unspecified atom stereocenters. The number of carbonyl (C=O) groups is 1. The van der Waals surface area contributed by atoms with Crippen molar-refractivity contribution in [1.82, 2.24) is 4.90 Å². The standard InChI is InChI=1S/C23H27Cl2N3O3S/c1-30-22-19(24)13-16(14-20(22)25)26-5-7-28(8-6-26)23(29)18-15-17(32-2)3-4-21(18)27-9-11-31-12-10-27/h3-4,13-15H,5-12H2,1-2H3. The molecule has 0 aliphatic carbocycles. The van der Waals surface area contributed by atoms with Crippen molar-refractivity contribution in [2.45, 2.75) is 4.90 Å². The van der Waals surface area contributed by atoms with Gasteiger partial charge in [-0.05, 0) is 36.6 Å². The number of hydrogen-bond donors (Lipinski definition) is 0. The van der Waals surface area contributed by atoms with Crippen molar-refractivity contribution in [3.8, 4) is 5.75 Å². The molecular weight excluding hydrogens is 469 g/mol. The Hall–Kier alpha value is -1.80. The number of nitrogens with zero attached hydrogens (tertiary/aromatic N) is 3. The van der Waals surface area contributed by atoms with Crippen LogP contribution in [0.15, 0.2) is 35.2 Å². The van der Waals surface area contributed by atoms with Gasteiger partial charge in [0.1, 0.15) is 0 Å². The predicted molar refractivity (Wildman–Crippen MR) is 132 cm³/mol. The Kier molecular flexibility index (Phi) is 7.61. The zero-order chi connectivity index (χ0) is 22.7. The van der Waals surface area contributed by atoms with Crippen molar-refractivity contribution in [1.29, 1.82) is 0 Å². The number of halogens is 2. The number of methoxy groups -OCH3 is 1. The molecule has 2 aromatic rings. The van der Waals surface area contributed by atoms with E-state index in [0.717, 1.165) is 34.9 Å². The van der Waals surface area contributed by atoms with E-state index in [1.807, 2.05) is 29.4 Å². The summed E-state index contributed by atoms with van der Waals surface area (Å²) in [6.07, 6.45) is 2.03. The molecule has 2 saturated heterocycles. The molecule has 0 atom stereocenters. The third-order valence-corrected chi connectivity index (χ3v) is 7.19. The summed E-state index contributed by atoms with van der Waals surface area (Å²) in [5, 5.41) is 0.968. The molecule has 0 saturated carbocycles. The van der Waals surface area contributed by atoms with E-state index in [-0.39, 0.29) is 5.91 Å². The zero-order valence-corrected chi connectivity index (χ0v) is 20.6. The second kappa shape index (κ2) is 10.4. The van der Waals surface area contributed by atoms with Crippen molar-refractivity contribution >= 4 is 52.2 Å². The van der Waals surface area contributed by atoms with Gasteiger partial charge in [-0.3, -0.25) is 4.79 Å². The number of amides is 1. The Bertz CT molecular complexity index is 954. The number of hydrogen-bond acceptors (Lipinski definition) is 6. The normalized spacial score (nSPS) is 16.9. The SMILES string of the molecule is COc1c(Cl)cc(N2CCN(C(=O)c3cc(SC)ccc3N3CCOCC3)CC2)cc1Cl. The maximum absolute atomic E-state index is 13.5. The van der Waals surface area contributed by atoms with E-state index in [4.69, 9.17) is 32.7 Å². The van der Waals surface area contributed by atoms with Crippen LogP contribution in [0.25, 0.3) is 0 Å². The zero-order valence-electron chi connectivity index (χ0n) is 18.3. The molecule has 0 aromatic heterocycles. The highest BCUT2D eigenvalue weighted by Gasteiger charge is 2.27. The van der Waals surface area contributed by atoms with Crippen LogP contribution in [0.3, 0.4) is 0 Å². The molecule has 9 heteroatoms. The average Bonchev–Trinajstić information content (AvgIpc) is 2.83. The molecule has 2 aliphatic heterocycles. The van der Waals surface area contributed by atoms with E-state index in [1.54, 1.807) is 18.9 Å². The summed E-state index contributed by atoms with van der Waals surface area (Å²) in [6.45, 7) is 5.64. The maximum atomic E-state index is 13.5. The van der Waals surface area contributed by atoms with Crippen molar-refractivity contribution in [3.63, 3.8) is 0 Å². The molecule has 2 fully saturated rings. The highest BCUT2D eigenvalue weighted by atomic mass is 35.5. The molecule has 0 N–H and O–H groups in total. The molecule has 0 bridgehead atoms. The predicted octanol–water partition coefficient (Wildman–Crippen LogP) is 4.52. The lowest BCUT2D eigenvalue weighted by molar-refractivity contribution is 0.0746. The van der Waals surface area contributed by atoms with Crippen LogP contribution in [0.4, 0.5) is 11.4 Å². The summed E-state index contributed by atoms with van der Waals surface area (Å²) in [7, 11) is 1.55. The molecule has 32 heavy (non-hydrogen) atoms. The van der Waals surface area contributed by atoms with Crippen molar-refractivity contribution < 1.29 is 14.3 Å². The van der Waals surface area contributed by atoms with Crippen LogP contribution < -0.4 is 14.5 Å². The maximum Gasteiger partial charge on any atom is 0.256 e. The molecule has 0 radical (unpaired) electrons. The molecule has 2 aliphatic rings. The van der Waals surface area contributed by atoms with Crippen LogP contribution in [0.5, 0.6) is 5.75 Å². The Balaban J connectivity index is 1.50. The van der Waals surface area contributed by atoms with E-state index >= 15 is 0 Å². The van der Waals surface area contributed by atoms with Crippen LogP contribution in [-0.4, -0.2) is 76.7 Å². The van der Waals surface area contributed by atoms with Gasteiger partial charge in [-0.1, -0.05) is 23.2 Å². The van der Waals surface area contributed by atoms with Gasteiger partial charge >= 0.3 is 0 Å². The highest BCUT2D eigenvalue weighted by Crippen LogP contribution is 2.37. The van der Waals surface area contributed by atoms with Gasteiger partial charge in [0.15, 0.2) is 5.75 Å². The van der Waals surface area contributed by atoms with E-state index in [2.05, 4.69) is 21.9 Å². The van der Waals surface area contributed by atoms with E-state index < -0.39 is 0 Å². The second-order valence-electron chi connectivity index (χ2n) is 7.70. The summed E-state index contributed by atoms with van der Waals surface area (Å²) in [6, 6.07) is 9.90. The first-order valence-electron chi connectivity index (χ1n) is 10.6. The van der Waals surface area contributed by atoms with Gasteiger partial charge in [0.05, 0.1) is 35.9 Å². The first-order chi connectivity index (χ1) is 15.5. The number of carbonyl (C=O) groups excluding carboxylic acids is 1. The van der Waals surface area contributed by atoms with E-state index in [9.17, 15) is 4.79 Å². The number of benzene rings is 2. The van der Waals surface area contributed by atoms with Gasteiger partial charge in [-0.2, -0.15) is 0 Å². The first-order valence-corrected chi connectivity index (χ1v) is 12.6. The fourth-order valence-corrected chi connectivity index (χ4v) is 5.23. The van der Waals surface area contributed by atoms with Crippen LogP contribution in [-0.2, 0) is 4.74 Å². The third-order valence-electron chi connectivity index (χ3n) is 5.91. The summed E-state index contributed by atoms with van der Waals surface area (Å²) < 4.78 is 10.7. The van der Waals surface area contributed by atoms with Gasteiger partial charge in [0.2, 0.25) is 0 Å². The van der Waals surface area contributed by atoms with Crippen LogP contribution in [0.2, 0.25) is 10.0 Å². The number of piperazine rings is 1. The average molecular weight is 496 g/mol. The summed E-state index contributed by atoms with van der Waals surface area (Å²) in [5.74, 6) is 0.558. The first kappa shape index (κ1) is 23.4. The minimum atomic E-state index is 0.0767. The van der Waals surface area contributed by atoms with Gasteiger partial charge in [0.25, 0.3) is 5.91 Å². The van der Waals surface area contributed by atoms with Gasteiger partial charge in [0, 0.05) is 55.5 Å². The van der Waals surface area contributed by atoms with Crippen LogP contribution in [0.1, 0.15) is 10.4 Å². The number of ether oxygens (including phenoxy) is 2. The molecule has 2 aromatic carbocycles. The lowest BCUT2D eigenvalue weighted by atomic mass is 10.1. The topological polar surface area (TPSA) is 45.2 Å². The molecular formula is C23H27Cl2N3O3S. The van der Waals surface area contributed by atoms with Crippen LogP contribution >= 0.6 is 35.0 Å². The third kappa shape index (κ3) is 4.91. The van der Waals surface area contributed by atoms with Gasteiger partial charge in [-0.25, -0.2) is 0 Å². The number of rotatable bonds is 5. The Morgan fingerprint density at radius 1 is 0.969 bits per heavy atom. The van der Waals surface area contributed by atoms with Crippen molar-refractivity contribution in [3.05, 3.63) is 45.9 Å². The molecule has 6 nitrogen and oxygen atoms in total. The fraction of sp³-hybridized carbons (Fsp3) is 0.435. The second-order valence-corrected chi connectivity index (χ2v) is 9.40. The molecule has 2 heterocycles. The minimum Gasteiger partial charge on any atom is -0.494 e. The number of thioether (sulfide) groups is 1. The van der Waals surface area contributed by atoms with Crippen LogP contribution in [0, 0.1) is 0 Å². The lowest BCUT2D eigenvalue weighted by Crippen LogP contribution is -2.49. The fourth-order valence-electron chi connectivity index (χ4n) is 4.16. The minimum absolute atomic E-state index is 0.0767. The molecule has 4 rings (SSSR count). The Morgan fingerprint density at radius 3 is 2.22 bits per heavy atom. The van der Waals surface area contributed by atoms with Crippen molar-refractivity contribution in [2.75, 3.05) is 75.6 Å². The Labute approximate surface area is 203 Å². The quantitative estimate of drug-likeness (QED) is 0.568. The molecule has 172 valence electrons. The largest absolute Gasteiger partial charge is 0.494 e. The monoisotopic (exact) mass is 495 g/mol. The van der Waals surface area contributed by atoms with Crippen molar-refractivity contribution in [2.24, 2.45) is 0 Å². The van der Waals surface area contributed by atoms with Gasteiger partial charge in [-0.15, -0.1) is 11.8 Å². The van der Waals surface area contributed by atoms with E-state index in [1.165, 1.54) is 0 Å². The highest BCUT2D eigenvalue weighted by molar-refractivity contribution is 7.98. The number of morpholine rings is 1. The summed E-state index contributed by atoms with van der Waals surface area (Å²) >= 11 is 14.3. The number of anilines is 2. The Morgan fingerprint density at radius 2 is 1.62 bits per heavy atom. The molecule has 0 spiro atoms. The van der Waals surface area contributed by atoms with Gasteiger partial charge < -0.3 is 24.2 Å². The summed E-state index contributed by atoms with van der Waals surface area (Å²) in [4.78, 5) is 21.0. The summed E-state index contributed by atoms with van der Waals surface area (Å²) in [5.41, 5.74) is 2.70.